The molecule has 1 aliphatic heterocycles. The van der Waals surface area contributed by atoms with Crippen molar-refractivity contribution in [3.63, 3.8) is 0 Å². The van der Waals surface area contributed by atoms with Gasteiger partial charge in [-0.25, -0.2) is 4.98 Å². The van der Waals surface area contributed by atoms with Crippen LogP contribution >= 0.6 is 0 Å². The second-order valence-corrected chi connectivity index (χ2v) is 6.76. The number of aryl methyl sites for hydroxylation is 1. The number of nitrogen functional groups attached to an aromatic ring is 1. The first kappa shape index (κ1) is 15.4. The topological polar surface area (TPSA) is 93.0 Å². The SMILES string of the molecule is CN(Cc1n[nH]c2c1CCCC2)c1cc(C2CCOC2)nc(N)n1. The summed E-state index contributed by atoms with van der Waals surface area (Å²) in [6.07, 6.45) is 5.71. The summed E-state index contributed by atoms with van der Waals surface area (Å²) >= 11 is 0. The number of aromatic nitrogens is 4. The highest BCUT2D eigenvalue weighted by molar-refractivity contribution is 5.45. The summed E-state index contributed by atoms with van der Waals surface area (Å²) in [7, 11) is 2.03. The minimum absolute atomic E-state index is 0.320. The number of anilines is 2. The van der Waals surface area contributed by atoms with Crippen molar-refractivity contribution < 1.29 is 4.74 Å². The minimum atomic E-state index is 0.320. The zero-order valence-electron chi connectivity index (χ0n) is 14.1. The number of rotatable bonds is 4. The lowest BCUT2D eigenvalue weighted by Gasteiger charge is -2.20. The first-order chi connectivity index (χ1) is 11.7. The molecule has 0 saturated carbocycles. The number of hydrogen-bond acceptors (Lipinski definition) is 6. The van der Waals surface area contributed by atoms with E-state index in [1.807, 2.05) is 13.1 Å². The monoisotopic (exact) mass is 328 g/mol. The van der Waals surface area contributed by atoms with E-state index in [2.05, 4.69) is 25.1 Å². The molecule has 1 aliphatic carbocycles. The Morgan fingerprint density at radius 3 is 3.04 bits per heavy atom. The number of aromatic amines is 1. The Kier molecular flexibility index (Phi) is 4.10. The normalized spacial score (nSPS) is 20.1. The summed E-state index contributed by atoms with van der Waals surface area (Å²) < 4.78 is 5.47. The van der Waals surface area contributed by atoms with Crippen LogP contribution in [0.5, 0.6) is 0 Å². The molecule has 128 valence electrons. The predicted molar refractivity (Wildman–Crippen MR) is 92.0 cm³/mol. The highest BCUT2D eigenvalue weighted by Gasteiger charge is 2.22. The second-order valence-electron chi connectivity index (χ2n) is 6.76. The second kappa shape index (κ2) is 6.39. The lowest BCUT2D eigenvalue weighted by Crippen LogP contribution is -2.21. The lowest BCUT2D eigenvalue weighted by atomic mass is 9.96. The molecule has 2 aromatic rings. The molecule has 3 N–H and O–H groups in total. The molecule has 1 atom stereocenters. The van der Waals surface area contributed by atoms with E-state index in [0.717, 1.165) is 49.6 Å². The van der Waals surface area contributed by atoms with E-state index >= 15 is 0 Å². The average Bonchev–Trinajstić information content (AvgIpc) is 3.25. The van der Waals surface area contributed by atoms with Gasteiger partial charge in [-0.2, -0.15) is 10.1 Å². The van der Waals surface area contributed by atoms with Crippen LogP contribution in [0.15, 0.2) is 6.07 Å². The number of nitrogens with two attached hydrogens (primary N) is 1. The van der Waals surface area contributed by atoms with Gasteiger partial charge in [0.05, 0.1) is 24.5 Å². The Hall–Kier alpha value is -2.15. The van der Waals surface area contributed by atoms with Gasteiger partial charge in [0.25, 0.3) is 0 Å². The van der Waals surface area contributed by atoms with Crippen LogP contribution in [0.4, 0.5) is 11.8 Å². The molecule has 0 bridgehead atoms. The van der Waals surface area contributed by atoms with Gasteiger partial charge >= 0.3 is 0 Å². The number of ether oxygens (including phenoxy) is 1. The summed E-state index contributed by atoms with van der Waals surface area (Å²) in [5.41, 5.74) is 10.7. The first-order valence-electron chi connectivity index (χ1n) is 8.69. The molecule has 2 aromatic heterocycles. The van der Waals surface area contributed by atoms with Crippen LogP contribution in [0.1, 0.15) is 47.8 Å². The van der Waals surface area contributed by atoms with Gasteiger partial charge in [0.15, 0.2) is 0 Å². The number of nitrogens with zero attached hydrogens (tertiary/aromatic N) is 4. The van der Waals surface area contributed by atoms with Crippen LogP contribution in [0.3, 0.4) is 0 Å². The van der Waals surface area contributed by atoms with E-state index in [-0.39, 0.29) is 0 Å². The molecule has 0 amide bonds. The van der Waals surface area contributed by atoms with E-state index in [1.54, 1.807) is 0 Å². The summed E-state index contributed by atoms with van der Waals surface area (Å²) in [5.74, 6) is 1.49. The number of fused-ring (bicyclic) bond motifs is 1. The minimum Gasteiger partial charge on any atom is -0.381 e. The van der Waals surface area contributed by atoms with Crippen molar-refractivity contribution >= 4 is 11.8 Å². The predicted octanol–water partition coefficient (Wildman–Crippen LogP) is 1.80. The molecule has 1 fully saturated rings. The maximum Gasteiger partial charge on any atom is 0.222 e. The van der Waals surface area contributed by atoms with E-state index in [4.69, 9.17) is 10.5 Å². The van der Waals surface area contributed by atoms with E-state index in [1.165, 1.54) is 24.1 Å². The zero-order valence-corrected chi connectivity index (χ0v) is 14.1. The highest BCUT2D eigenvalue weighted by atomic mass is 16.5. The quantitative estimate of drug-likeness (QED) is 0.889. The fourth-order valence-electron chi connectivity index (χ4n) is 3.63. The third kappa shape index (κ3) is 2.96. The van der Waals surface area contributed by atoms with Gasteiger partial charge in [-0.05, 0) is 37.7 Å². The van der Waals surface area contributed by atoms with Crippen molar-refractivity contribution in [2.24, 2.45) is 0 Å². The first-order valence-corrected chi connectivity index (χ1v) is 8.69. The van der Waals surface area contributed by atoms with Crippen LogP contribution in [0, 0.1) is 0 Å². The molecule has 4 rings (SSSR count). The van der Waals surface area contributed by atoms with Crippen LogP contribution < -0.4 is 10.6 Å². The largest absolute Gasteiger partial charge is 0.381 e. The van der Waals surface area contributed by atoms with Crippen LogP contribution in [-0.4, -0.2) is 40.4 Å². The smallest absolute Gasteiger partial charge is 0.222 e. The van der Waals surface area contributed by atoms with Crippen molar-refractivity contribution in [3.8, 4) is 0 Å². The van der Waals surface area contributed by atoms with Gasteiger partial charge in [0.1, 0.15) is 5.82 Å². The molecule has 3 heterocycles. The van der Waals surface area contributed by atoms with Gasteiger partial charge in [-0.15, -0.1) is 0 Å². The van der Waals surface area contributed by atoms with Crippen molar-refractivity contribution in [2.45, 2.75) is 44.6 Å². The van der Waals surface area contributed by atoms with Gasteiger partial charge < -0.3 is 15.4 Å². The molecule has 7 heteroatoms. The molecular formula is C17H24N6O. The summed E-state index contributed by atoms with van der Waals surface area (Å²) in [6.45, 7) is 2.23. The standard InChI is InChI=1S/C17H24N6O/c1-23(9-15-12-4-2-3-5-13(12)21-22-15)16-8-14(19-17(18)20-16)11-6-7-24-10-11/h8,11H,2-7,9-10H2,1H3,(H,21,22)(H2,18,19,20). The van der Waals surface area contributed by atoms with Gasteiger partial charge in [0, 0.05) is 31.3 Å². The van der Waals surface area contributed by atoms with E-state index < -0.39 is 0 Å². The summed E-state index contributed by atoms with van der Waals surface area (Å²) in [6, 6.07) is 2.04. The molecule has 7 nitrogen and oxygen atoms in total. The lowest BCUT2D eigenvalue weighted by molar-refractivity contribution is 0.193. The maximum absolute atomic E-state index is 5.94. The molecule has 24 heavy (non-hydrogen) atoms. The summed E-state index contributed by atoms with van der Waals surface area (Å²) in [4.78, 5) is 10.9. The molecule has 2 aliphatic rings. The molecule has 0 radical (unpaired) electrons. The zero-order chi connectivity index (χ0) is 16.5. The van der Waals surface area contributed by atoms with Crippen LogP contribution in [0.25, 0.3) is 0 Å². The maximum atomic E-state index is 5.94. The fourth-order valence-corrected chi connectivity index (χ4v) is 3.63. The van der Waals surface area contributed by atoms with Crippen LogP contribution in [0.2, 0.25) is 0 Å². The van der Waals surface area contributed by atoms with Crippen molar-refractivity contribution in [1.82, 2.24) is 20.2 Å². The molecule has 1 unspecified atom stereocenters. The Labute approximate surface area is 141 Å². The number of H-pyrrole nitrogens is 1. The van der Waals surface area contributed by atoms with Gasteiger partial charge in [0.2, 0.25) is 5.95 Å². The third-order valence-electron chi connectivity index (χ3n) is 5.02. The van der Waals surface area contributed by atoms with Crippen LogP contribution in [-0.2, 0) is 24.1 Å². The van der Waals surface area contributed by atoms with Gasteiger partial charge in [-0.1, -0.05) is 0 Å². The highest BCUT2D eigenvalue weighted by Crippen LogP contribution is 2.28. The Bertz CT molecular complexity index is 722. The molecule has 0 spiro atoms. The Morgan fingerprint density at radius 1 is 1.33 bits per heavy atom. The third-order valence-corrected chi connectivity index (χ3v) is 5.02. The van der Waals surface area contributed by atoms with Crippen molar-refractivity contribution in [3.05, 3.63) is 28.7 Å². The Balaban J connectivity index is 1.55. The van der Waals surface area contributed by atoms with E-state index in [9.17, 15) is 0 Å². The van der Waals surface area contributed by atoms with Crippen molar-refractivity contribution in [2.75, 3.05) is 30.9 Å². The Morgan fingerprint density at radius 2 is 2.21 bits per heavy atom. The van der Waals surface area contributed by atoms with E-state index in [0.29, 0.717) is 18.5 Å². The van der Waals surface area contributed by atoms with Crippen molar-refractivity contribution in [1.29, 1.82) is 0 Å². The molecular weight excluding hydrogens is 304 g/mol. The fraction of sp³-hybridized carbons (Fsp3) is 0.588. The average molecular weight is 328 g/mol. The van der Waals surface area contributed by atoms with Gasteiger partial charge in [-0.3, -0.25) is 5.10 Å². The molecule has 1 saturated heterocycles. The number of hydrogen-bond donors (Lipinski definition) is 2. The summed E-state index contributed by atoms with van der Waals surface area (Å²) in [5, 5.41) is 7.72. The number of nitrogens with one attached hydrogen (secondary N) is 1. The molecule has 0 aromatic carbocycles.